The summed E-state index contributed by atoms with van der Waals surface area (Å²) in [5.74, 6) is 1.77. The summed E-state index contributed by atoms with van der Waals surface area (Å²) in [7, 11) is 1.68. The number of amides is 1. The van der Waals surface area contributed by atoms with Crippen LogP contribution in [0.3, 0.4) is 0 Å². The van der Waals surface area contributed by atoms with Crippen LogP contribution in [-0.2, 0) is 22.5 Å². The summed E-state index contributed by atoms with van der Waals surface area (Å²) in [5.41, 5.74) is 2.91. The van der Waals surface area contributed by atoms with Crippen molar-refractivity contribution in [1.29, 1.82) is 0 Å². The van der Waals surface area contributed by atoms with E-state index in [4.69, 9.17) is 4.74 Å². The number of benzene rings is 1. The molecule has 1 atom stereocenters. The summed E-state index contributed by atoms with van der Waals surface area (Å²) in [6, 6.07) is 7.87. The number of hydrogen-bond donors (Lipinski definition) is 1. The van der Waals surface area contributed by atoms with E-state index in [1.807, 2.05) is 54.3 Å². The van der Waals surface area contributed by atoms with E-state index < -0.39 is 0 Å². The van der Waals surface area contributed by atoms with Gasteiger partial charge in [0.25, 0.3) is 0 Å². The highest BCUT2D eigenvalue weighted by molar-refractivity contribution is 5.92. The fraction of sp³-hybridized carbons (Fsp3) is 0.417. The molecule has 3 heterocycles. The van der Waals surface area contributed by atoms with Gasteiger partial charge in [-0.25, -0.2) is 15.0 Å². The third-order valence-corrected chi connectivity index (χ3v) is 5.81. The maximum absolute atomic E-state index is 12.9. The van der Waals surface area contributed by atoms with Crippen molar-refractivity contribution in [3.05, 3.63) is 66.3 Å². The van der Waals surface area contributed by atoms with Crippen LogP contribution in [0.5, 0.6) is 0 Å². The second-order valence-electron chi connectivity index (χ2n) is 8.21. The number of anilines is 1. The zero-order valence-electron chi connectivity index (χ0n) is 18.7. The molecule has 1 saturated heterocycles. The van der Waals surface area contributed by atoms with Crippen molar-refractivity contribution in [2.45, 2.75) is 32.7 Å². The third-order valence-electron chi connectivity index (χ3n) is 5.81. The number of piperidine rings is 1. The van der Waals surface area contributed by atoms with Gasteiger partial charge in [0.2, 0.25) is 5.91 Å². The monoisotopic (exact) mass is 434 g/mol. The molecule has 4 rings (SSSR count). The second kappa shape index (κ2) is 10.5. The van der Waals surface area contributed by atoms with Crippen LogP contribution >= 0.6 is 0 Å². The van der Waals surface area contributed by atoms with Crippen LogP contribution in [0, 0.1) is 12.8 Å². The predicted molar refractivity (Wildman–Crippen MR) is 123 cm³/mol. The Morgan fingerprint density at radius 2 is 1.97 bits per heavy atom. The number of rotatable bonds is 8. The quantitative estimate of drug-likeness (QED) is 0.587. The second-order valence-corrected chi connectivity index (χ2v) is 8.21. The van der Waals surface area contributed by atoms with Gasteiger partial charge >= 0.3 is 0 Å². The minimum atomic E-state index is -0.0267. The molecule has 1 aromatic carbocycles. The number of methoxy groups -OCH3 is 1. The van der Waals surface area contributed by atoms with Crippen molar-refractivity contribution in [1.82, 2.24) is 24.4 Å². The molecule has 1 aliphatic rings. The lowest BCUT2D eigenvalue weighted by atomic mass is 9.96. The molecule has 0 spiro atoms. The minimum Gasteiger partial charge on any atom is -0.384 e. The molecule has 2 aromatic heterocycles. The lowest BCUT2D eigenvalue weighted by molar-refractivity contribution is -0.121. The summed E-state index contributed by atoms with van der Waals surface area (Å²) in [6.45, 7) is 5.06. The summed E-state index contributed by atoms with van der Waals surface area (Å²) in [6.07, 6.45) is 10.1. The van der Waals surface area contributed by atoms with Gasteiger partial charge < -0.3 is 14.6 Å². The highest BCUT2D eigenvalue weighted by atomic mass is 16.5. The van der Waals surface area contributed by atoms with E-state index in [9.17, 15) is 4.79 Å². The SMILES string of the molecule is COCCc1ncc(CN2CCC[C@H](C(=O)Nc3ccc(-n4ccnc4C)cc3)C2)cn1. The first-order valence-corrected chi connectivity index (χ1v) is 11.0. The Labute approximate surface area is 188 Å². The number of carbonyl (C=O) groups is 1. The van der Waals surface area contributed by atoms with Gasteiger partial charge in [-0.15, -0.1) is 0 Å². The maximum atomic E-state index is 12.9. The summed E-state index contributed by atoms with van der Waals surface area (Å²) in [5, 5.41) is 3.08. The molecule has 1 amide bonds. The minimum absolute atomic E-state index is 0.0267. The van der Waals surface area contributed by atoms with E-state index in [0.717, 1.165) is 61.1 Å². The lowest BCUT2D eigenvalue weighted by Crippen LogP contribution is -2.40. The van der Waals surface area contributed by atoms with Crippen LogP contribution in [0.4, 0.5) is 5.69 Å². The number of likely N-dealkylation sites (tertiary alicyclic amines) is 1. The fourth-order valence-corrected chi connectivity index (χ4v) is 4.06. The van der Waals surface area contributed by atoms with E-state index in [1.54, 1.807) is 13.3 Å². The number of carbonyl (C=O) groups excluding carboxylic acids is 1. The molecule has 1 aliphatic heterocycles. The van der Waals surface area contributed by atoms with Gasteiger partial charge in [-0.2, -0.15) is 0 Å². The Morgan fingerprint density at radius 3 is 2.66 bits per heavy atom. The van der Waals surface area contributed by atoms with Gasteiger partial charge in [-0.1, -0.05) is 0 Å². The van der Waals surface area contributed by atoms with Crippen LogP contribution in [0.2, 0.25) is 0 Å². The largest absolute Gasteiger partial charge is 0.384 e. The first-order chi connectivity index (χ1) is 15.6. The van der Waals surface area contributed by atoms with E-state index >= 15 is 0 Å². The van der Waals surface area contributed by atoms with Crippen LogP contribution in [0.25, 0.3) is 5.69 Å². The fourth-order valence-electron chi connectivity index (χ4n) is 4.06. The molecule has 0 unspecified atom stereocenters. The van der Waals surface area contributed by atoms with E-state index in [0.29, 0.717) is 13.0 Å². The van der Waals surface area contributed by atoms with E-state index in [1.165, 1.54) is 0 Å². The smallest absolute Gasteiger partial charge is 0.228 e. The zero-order valence-corrected chi connectivity index (χ0v) is 18.7. The topological polar surface area (TPSA) is 85.2 Å². The Morgan fingerprint density at radius 1 is 1.19 bits per heavy atom. The Bertz CT molecular complexity index is 1020. The molecule has 0 bridgehead atoms. The third kappa shape index (κ3) is 5.57. The number of nitrogens with zero attached hydrogens (tertiary/aromatic N) is 5. The van der Waals surface area contributed by atoms with Gasteiger partial charge in [0.1, 0.15) is 11.6 Å². The van der Waals surface area contributed by atoms with Crippen molar-refractivity contribution in [3.63, 3.8) is 0 Å². The van der Waals surface area contributed by atoms with Crippen LogP contribution in [-0.4, -0.2) is 57.1 Å². The standard InChI is InChI=1S/C24H30N6O2/c1-18-25-10-12-30(18)22-7-5-21(6-8-22)28-24(31)20-4-3-11-29(17-20)16-19-14-26-23(27-15-19)9-13-32-2/h5-8,10,12,14-15,20H,3-4,9,11,13,16-17H2,1-2H3,(H,28,31)/t20-/m0/s1. The number of aryl methyl sites for hydroxylation is 1. The normalized spacial score (nSPS) is 16.8. The van der Waals surface area contributed by atoms with Gasteiger partial charge in [0.05, 0.1) is 12.5 Å². The van der Waals surface area contributed by atoms with Crippen molar-refractivity contribution >= 4 is 11.6 Å². The van der Waals surface area contributed by atoms with Gasteiger partial charge in [0, 0.05) is 68.3 Å². The van der Waals surface area contributed by atoms with E-state index in [2.05, 4.69) is 25.2 Å². The average Bonchev–Trinajstić information content (AvgIpc) is 3.25. The first kappa shape index (κ1) is 22.1. The highest BCUT2D eigenvalue weighted by Crippen LogP contribution is 2.21. The summed E-state index contributed by atoms with van der Waals surface area (Å²) in [4.78, 5) is 28.3. The first-order valence-electron chi connectivity index (χ1n) is 11.0. The Kier molecular flexibility index (Phi) is 7.24. The van der Waals surface area contributed by atoms with Crippen molar-refractivity contribution in [3.8, 4) is 5.69 Å². The Hall–Kier alpha value is -3.10. The molecule has 0 saturated carbocycles. The molecule has 1 N–H and O–H groups in total. The van der Waals surface area contributed by atoms with Crippen LogP contribution in [0.1, 0.15) is 30.1 Å². The Balaban J connectivity index is 1.31. The number of aromatic nitrogens is 4. The molecular weight excluding hydrogens is 404 g/mol. The molecule has 8 nitrogen and oxygen atoms in total. The number of ether oxygens (including phenoxy) is 1. The van der Waals surface area contributed by atoms with Crippen LogP contribution in [0.15, 0.2) is 49.1 Å². The van der Waals surface area contributed by atoms with Gasteiger partial charge in [-0.05, 0) is 50.6 Å². The maximum Gasteiger partial charge on any atom is 0.228 e. The average molecular weight is 435 g/mol. The van der Waals surface area contributed by atoms with Crippen molar-refractivity contribution in [2.75, 3.05) is 32.1 Å². The summed E-state index contributed by atoms with van der Waals surface area (Å²) < 4.78 is 7.08. The molecule has 0 aliphatic carbocycles. The summed E-state index contributed by atoms with van der Waals surface area (Å²) >= 11 is 0. The molecular formula is C24H30N6O2. The highest BCUT2D eigenvalue weighted by Gasteiger charge is 2.26. The van der Waals surface area contributed by atoms with E-state index in [-0.39, 0.29) is 11.8 Å². The van der Waals surface area contributed by atoms with Crippen molar-refractivity contribution < 1.29 is 9.53 Å². The molecule has 1 fully saturated rings. The van der Waals surface area contributed by atoms with Gasteiger partial charge in [0.15, 0.2) is 0 Å². The molecule has 3 aromatic rings. The molecule has 8 heteroatoms. The number of imidazole rings is 1. The molecule has 168 valence electrons. The van der Waals surface area contributed by atoms with Gasteiger partial charge in [-0.3, -0.25) is 9.69 Å². The van der Waals surface area contributed by atoms with Crippen LogP contribution < -0.4 is 5.32 Å². The lowest BCUT2D eigenvalue weighted by Gasteiger charge is -2.31. The zero-order chi connectivity index (χ0) is 22.3. The van der Waals surface area contributed by atoms with Crippen molar-refractivity contribution in [2.24, 2.45) is 5.92 Å². The predicted octanol–water partition coefficient (Wildman–Crippen LogP) is 3.01. The number of hydrogen-bond acceptors (Lipinski definition) is 6. The molecule has 32 heavy (non-hydrogen) atoms. The molecule has 0 radical (unpaired) electrons. The number of nitrogens with one attached hydrogen (secondary N) is 1.